The van der Waals surface area contributed by atoms with Crippen LogP contribution in [-0.4, -0.2) is 26.1 Å². The number of nitrogens with one attached hydrogen (secondary N) is 2. The van der Waals surface area contributed by atoms with Crippen molar-refractivity contribution in [2.24, 2.45) is 0 Å². The van der Waals surface area contributed by atoms with E-state index in [1.165, 1.54) is 12.1 Å². The van der Waals surface area contributed by atoms with Crippen molar-refractivity contribution in [1.82, 2.24) is 25.5 Å². The molecule has 3 aromatic rings. The van der Waals surface area contributed by atoms with Crippen LogP contribution in [0.3, 0.4) is 0 Å². The third-order valence-corrected chi connectivity index (χ3v) is 4.08. The summed E-state index contributed by atoms with van der Waals surface area (Å²) in [6.45, 7) is 2.00. The zero-order valence-corrected chi connectivity index (χ0v) is 13.1. The number of carbonyl (C=O) groups is 1. The lowest BCUT2D eigenvalue weighted by molar-refractivity contribution is 0.0951. The molecule has 0 radical (unpaired) electrons. The van der Waals surface area contributed by atoms with Crippen molar-refractivity contribution in [3.63, 3.8) is 0 Å². The average molecular weight is 325 g/mol. The van der Waals surface area contributed by atoms with E-state index in [0.717, 1.165) is 18.5 Å². The number of carbonyl (C=O) groups excluding carboxylic acids is 1. The van der Waals surface area contributed by atoms with Crippen LogP contribution in [0.5, 0.6) is 0 Å². The van der Waals surface area contributed by atoms with E-state index in [0.29, 0.717) is 34.0 Å². The molecule has 2 aromatic heterocycles. The van der Waals surface area contributed by atoms with Crippen molar-refractivity contribution in [2.75, 3.05) is 0 Å². The van der Waals surface area contributed by atoms with Crippen LogP contribution in [0.25, 0.3) is 10.9 Å². The van der Waals surface area contributed by atoms with Crippen molar-refractivity contribution < 1.29 is 9.18 Å². The number of amides is 1. The Morgan fingerprint density at radius 2 is 2.17 bits per heavy atom. The van der Waals surface area contributed by atoms with Gasteiger partial charge in [-0.25, -0.2) is 9.37 Å². The SMILES string of the molecule is Cc1nc(CNC(=O)c2cc(C3CC3)nc3ccc(F)cc23)n[nH]1. The van der Waals surface area contributed by atoms with Gasteiger partial charge in [0, 0.05) is 17.0 Å². The molecule has 1 fully saturated rings. The van der Waals surface area contributed by atoms with Gasteiger partial charge in [-0.15, -0.1) is 0 Å². The normalized spacial score (nSPS) is 14.1. The third kappa shape index (κ3) is 2.84. The van der Waals surface area contributed by atoms with Crippen molar-refractivity contribution in [2.45, 2.75) is 32.2 Å². The number of halogens is 1. The number of benzene rings is 1. The number of pyridine rings is 1. The van der Waals surface area contributed by atoms with Crippen LogP contribution in [-0.2, 0) is 6.54 Å². The summed E-state index contributed by atoms with van der Waals surface area (Å²) < 4.78 is 13.6. The average Bonchev–Trinajstić information content (AvgIpc) is 3.34. The van der Waals surface area contributed by atoms with Crippen molar-refractivity contribution in [3.8, 4) is 0 Å². The molecule has 1 amide bonds. The maximum atomic E-state index is 13.6. The van der Waals surface area contributed by atoms with Crippen molar-refractivity contribution in [1.29, 1.82) is 0 Å². The van der Waals surface area contributed by atoms with Gasteiger partial charge in [-0.1, -0.05) is 0 Å². The Bertz CT molecular complexity index is 932. The first-order chi connectivity index (χ1) is 11.6. The molecule has 1 aromatic carbocycles. The first kappa shape index (κ1) is 14.7. The zero-order valence-electron chi connectivity index (χ0n) is 13.1. The highest BCUT2D eigenvalue weighted by atomic mass is 19.1. The summed E-state index contributed by atoms with van der Waals surface area (Å²) in [5.41, 5.74) is 1.97. The second-order valence-electron chi connectivity index (χ2n) is 6.05. The lowest BCUT2D eigenvalue weighted by atomic mass is 10.1. The van der Waals surface area contributed by atoms with Gasteiger partial charge < -0.3 is 5.32 Å². The monoisotopic (exact) mass is 325 g/mol. The van der Waals surface area contributed by atoms with Gasteiger partial charge in [0.15, 0.2) is 5.82 Å². The second kappa shape index (κ2) is 5.67. The molecule has 4 rings (SSSR count). The van der Waals surface area contributed by atoms with E-state index in [1.54, 1.807) is 19.1 Å². The molecule has 0 atom stereocenters. The highest BCUT2D eigenvalue weighted by molar-refractivity contribution is 6.06. The Morgan fingerprint density at radius 3 is 2.88 bits per heavy atom. The minimum Gasteiger partial charge on any atom is -0.345 e. The largest absolute Gasteiger partial charge is 0.345 e. The predicted molar refractivity (Wildman–Crippen MR) is 86.0 cm³/mol. The Hall–Kier alpha value is -2.83. The van der Waals surface area contributed by atoms with Crippen LogP contribution in [0.15, 0.2) is 24.3 Å². The summed E-state index contributed by atoms with van der Waals surface area (Å²) in [6, 6.07) is 6.11. The molecule has 2 N–H and O–H groups in total. The van der Waals surface area contributed by atoms with Gasteiger partial charge in [0.2, 0.25) is 0 Å². The number of aromatic amines is 1. The van der Waals surface area contributed by atoms with Gasteiger partial charge in [0.25, 0.3) is 5.91 Å². The molecule has 1 saturated carbocycles. The lowest BCUT2D eigenvalue weighted by Crippen LogP contribution is -2.24. The summed E-state index contributed by atoms with van der Waals surface area (Å²) in [6.07, 6.45) is 2.16. The standard InChI is InChI=1S/C17H16FN5O/c1-9-20-16(23-22-9)8-19-17(24)13-7-15(10-2-3-10)21-14-5-4-11(18)6-12(13)14/h4-7,10H,2-3,8H2,1H3,(H,19,24)(H,20,22,23). The topological polar surface area (TPSA) is 83.6 Å². The molecule has 2 heterocycles. The smallest absolute Gasteiger partial charge is 0.252 e. The molecular weight excluding hydrogens is 309 g/mol. The summed E-state index contributed by atoms with van der Waals surface area (Å²) in [7, 11) is 0. The molecule has 7 heteroatoms. The fraction of sp³-hybridized carbons (Fsp3) is 0.294. The van der Waals surface area contributed by atoms with E-state index >= 15 is 0 Å². The number of rotatable bonds is 4. The Labute approximate surface area is 137 Å². The summed E-state index contributed by atoms with van der Waals surface area (Å²) in [4.78, 5) is 21.3. The number of aromatic nitrogens is 4. The van der Waals surface area contributed by atoms with Gasteiger partial charge >= 0.3 is 0 Å². The first-order valence-electron chi connectivity index (χ1n) is 7.86. The molecule has 122 valence electrons. The number of hydrogen-bond acceptors (Lipinski definition) is 4. The fourth-order valence-electron chi connectivity index (χ4n) is 2.72. The highest BCUT2D eigenvalue weighted by Gasteiger charge is 2.27. The summed E-state index contributed by atoms with van der Waals surface area (Å²) in [5, 5.41) is 10.0. The summed E-state index contributed by atoms with van der Waals surface area (Å²) >= 11 is 0. The molecule has 0 aliphatic heterocycles. The minimum atomic E-state index is -0.387. The molecule has 24 heavy (non-hydrogen) atoms. The molecule has 0 bridgehead atoms. The van der Waals surface area contributed by atoms with E-state index < -0.39 is 0 Å². The molecule has 0 saturated heterocycles. The quantitative estimate of drug-likeness (QED) is 0.772. The van der Waals surface area contributed by atoms with E-state index in [4.69, 9.17) is 0 Å². The van der Waals surface area contributed by atoms with Crippen molar-refractivity contribution in [3.05, 3.63) is 53.0 Å². The molecule has 0 unspecified atom stereocenters. The molecule has 1 aliphatic rings. The van der Waals surface area contributed by atoms with Crippen LogP contribution in [0.2, 0.25) is 0 Å². The van der Waals surface area contributed by atoms with Crippen LogP contribution in [0, 0.1) is 12.7 Å². The Morgan fingerprint density at radius 1 is 1.33 bits per heavy atom. The number of nitrogens with zero attached hydrogens (tertiary/aromatic N) is 3. The molecule has 1 aliphatic carbocycles. The Balaban J connectivity index is 1.67. The molecular formula is C17H16FN5O. The lowest BCUT2D eigenvalue weighted by Gasteiger charge is -2.09. The van der Waals surface area contributed by atoms with E-state index in [2.05, 4.69) is 25.5 Å². The fourth-order valence-corrected chi connectivity index (χ4v) is 2.72. The maximum Gasteiger partial charge on any atom is 0.252 e. The van der Waals surface area contributed by atoms with Crippen LogP contribution < -0.4 is 5.32 Å². The predicted octanol–water partition coefficient (Wildman–Crippen LogP) is 2.61. The minimum absolute atomic E-state index is 0.209. The number of H-pyrrole nitrogens is 1. The van der Waals surface area contributed by atoms with Crippen LogP contribution in [0.4, 0.5) is 4.39 Å². The van der Waals surface area contributed by atoms with Gasteiger partial charge in [-0.3, -0.25) is 14.9 Å². The molecule has 6 nitrogen and oxygen atoms in total. The van der Waals surface area contributed by atoms with Crippen LogP contribution >= 0.6 is 0 Å². The van der Waals surface area contributed by atoms with Gasteiger partial charge in [-0.05, 0) is 44.0 Å². The first-order valence-corrected chi connectivity index (χ1v) is 7.86. The van der Waals surface area contributed by atoms with Gasteiger partial charge in [0.05, 0.1) is 17.6 Å². The molecule has 0 spiro atoms. The number of aryl methyl sites for hydroxylation is 1. The highest BCUT2D eigenvalue weighted by Crippen LogP contribution is 2.40. The van der Waals surface area contributed by atoms with E-state index in [-0.39, 0.29) is 18.3 Å². The second-order valence-corrected chi connectivity index (χ2v) is 6.05. The van der Waals surface area contributed by atoms with Gasteiger partial charge in [0.1, 0.15) is 11.6 Å². The van der Waals surface area contributed by atoms with E-state index in [9.17, 15) is 9.18 Å². The van der Waals surface area contributed by atoms with E-state index in [1.807, 2.05) is 0 Å². The summed E-state index contributed by atoms with van der Waals surface area (Å²) in [5.74, 6) is 0.931. The van der Waals surface area contributed by atoms with Crippen molar-refractivity contribution >= 4 is 16.8 Å². The van der Waals surface area contributed by atoms with Crippen LogP contribution in [0.1, 0.15) is 46.5 Å². The maximum absolute atomic E-state index is 13.6. The third-order valence-electron chi connectivity index (χ3n) is 4.08. The number of hydrogen-bond donors (Lipinski definition) is 2. The zero-order chi connectivity index (χ0) is 16.7. The number of fused-ring (bicyclic) bond motifs is 1. The Kier molecular flexibility index (Phi) is 3.48. The van der Waals surface area contributed by atoms with Gasteiger partial charge in [-0.2, -0.15) is 5.10 Å².